The molecule has 19 heavy (non-hydrogen) atoms. The summed E-state index contributed by atoms with van der Waals surface area (Å²) < 4.78 is 5.37. The monoisotopic (exact) mass is 272 g/mol. The number of ether oxygens (including phenoxy) is 1. The van der Waals surface area contributed by atoms with Gasteiger partial charge in [0.05, 0.1) is 0 Å². The summed E-state index contributed by atoms with van der Waals surface area (Å²) in [7, 11) is 0. The number of aliphatic hydroxyl groups excluding tert-OH is 1. The summed E-state index contributed by atoms with van der Waals surface area (Å²) in [5.41, 5.74) is -0.418. The van der Waals surface area contributed by atoms with Crippen molar-refractivity contribution in [2.24, 2.45) is 0 Å². The van der Waals surface area contributed by atoms with E-state index >= 15 is 0 Å². The maximum absolute atomic E-state index is 11.9. The van der Waals surface area contributed by atoms with E-state index in [9.17, 15) is 4.79 Å². The molecule has 1 N–H and O–H groups in total. The van der Waals surface area contributed by atoms with Gasteiger partial charge in [0, 0.05) is 32.8 Å². The summed E-state index contributed by atoms with van der Waals surface area (Å²) in [6.07, 6.45) is 2.88. The molecule has 0 radical (unpaired) electrons. The van der Waals surface area contributed by atoms with Gasteiger partial charge in [-0.3, -0.25) is 4.90 Å². The van der Waals surface area contributed by atoms with Crippen LogP contribution in [0.1, 0.15) is 40.0 Å². The van der Waals surface area contributed by atoms with Crippen LogP contribution in [0.15, 0.2) is 0 Å². The minimum absolute atomic E-state index is 0.201. The minimum Gasteiger partial charge on any atom is -0.444 e. The molecule has 0 aromatic rings. The lowest BCUT2D eigenvalue weighted by Crippen LogP contribution is -2.50. The third-order valence-electron chi connectivity index (χ3n) is 3.16. The predicted octanol–water partition coefficient (Wildman–Crippen LogP) is 1.70. The van der Waals surface area contributed by atoms with Crippen LogP contribution in [0.2, 0.25) is 0 Å². The molecular weight excluding hydrogens is 244 g/mol. The number of hydrogen-bond acceptors (Lipinski definition) is 4. The molecule has 0 saturated carbocycles. The van der Waals surface area contributed by atoms with E-state index < -0.39 is 5.60 Å². The Labute approximate surface area is 116 Å². The number of carbonyl (C=O) groups is 1. The van der Waals surface area contributed by atoms with Gasteiger partial charge >= 0.3 is 6.09 Å². The second kappa shape index (κ2) is 7.70. The fourth-order valence-electron chi connectivity index (χ4n) is 2.10. The predicted molar refractivity (Wildman–Crippen MR) is 75.2 cm³/mol. The van der Waals surface area contributed by atoms with Crippen molar-refractivity contribution < 1.29 is 14.6 Å². The highest BCUT2D eigenvalue weighted by atomic mass is 16.6. The second-order valence-corrected chi connectivity index (χ2v) is 6.09. The molecule has 1 saturated heterocycles. The van der Waals surface area contributed by atoms with Crippen LogP contribution < -0.4 is 0 Å². The van der Waals surface area contributed by atoms with E-state index in [2.05, 4.69) is 4.90 Å². The maximum Gasteiger partial charge on any atom is 0.410 e. The van der Waals surface area contributed by atoms with Gasteiger partial charge in [0.15, 0.2) is 0 Å². The van der Waals surface area contributed by atoms with E-state index in [4.69, 9.17) is 9.84 Å². The van der Waals surface area contributed by atoms with Crippen LogP contribution in [-0.4, -0.2) is 65.9 Å². The summed E-state index contributed by atoms with van der Waals surface area (Å²) in [5, 5.41) is 8.72. The van der Waals surface area contributed by atoms with Gasteiger partial charge in [0.2, 0.25) is 0 Å². The molecule has 112 valence electrons. The number of rotatable bonds is 5. The van der Waals surface area contributed by atoms with Crippen molar-refractivity contribution in [1.82, 2.24) is 9.80 Å². The van der Waals surface area contributed by atoms with Gasteiger partial charge in [0.1, 0.15) is 5.60 Å². The molecule has 5 heteroatoms. The Morgan fingerprint density at radius 1 is 1.11 bits per heavy atom. The SMILES string of the molecule is CC(C)(C)OC(=O)N1CCN(CCCCCO)CC1. The van der Waals surface area contributed by atoms with E-state index in [0.717, 1.165) is 52.0 Å². The Morgan fingerprint density at radius 2 is 1.74 bits per heavy atom. The molecule has 1 heterocycles. The van der Waals surface area contributed by atoms with Gasteiger partial charge in [-0.1, -0.05) is 0 Å². The Morgan fingerprint density at radius 3 is 2.26 bits per heavy atom. The van der Waals surface area contributed by atoms with Crippen LogP contribution in [-0.2, 0) is 4.74 Å². The molecule has 0 aromatic heterocycles. The van der Waals surface area contributed by atoms with Crippen molar-refractivity contribution >= 4 is 6.09 Å². The summed E-state index contributed by atoms with van der Waals surface area (Å²) in [6, 6.07) is 0. The molecule has 1 rings (SSSR count). The van der Waals surface area contributed by atoms with Gasteiger partial charge < -0.3 is 14.7 Å². The molecule has 0 unspecified atom stereocenters. The quantitative estimate of drug-likeness (QED) is 0.774. The molecule has 1 fully saturated rings. The van der Waals surface area contributed by atoms with Crippen molar-refractivity contribution in [2.75, 3.05) is 39.3 Å². The molecule has 0 aromatic carbocycles. The largest absolute Gasteiger partial charge is 0.444 e. The van der Waals surface area contributed by atoms with Gasteiger partial charge in [-0.2, -0.15) is 0 Å². The Hall–Kier alpha value is -0.810. The normalized spacial score (nSPS) is 17.6. The van der Waals surface area contributed by atoms with Gasteiger partial charge in [-0.05, 0) is 46.6 Å². The molecule has 1 aliphatic rings. The van der Waals surface area contributed by atoms with Crippen LogP contribution in [0.5, 0.6) is 0 Å². The van der Waals surface area contributed by atoms with E-state index in [1.807, 2.05) is 20.8 Å². The van der Waals surface area contributed by atoms with Crippen molar-refractivity contribution in [1.29, 1.82) is 0 Å². The van der Waals surface area contributed by atoms with Crippen LogP contribution in [0.3, 0.4) is 0 Å². The molecule has 0 aliphatic carbocycles. The maximum atomic E-state index is 11.9. The first-order chi connectivity index (χ1) is 8.92. The van der Waals surface area contributed by atoms with E-state index in [1.54, 1.807) is 4.90 Å². The number of aliphatic hydroxyl groups is 1. The first kappa shape index (κ1) is 16.2. The zero-order valence-corrected chi connectivity index (χ0v) is 12.5. The van der Waals surface area contributed by atoms with Crippen molar-refractivity contribution in [2.45, 2.75) is 45.6 Å². The fraction of sp³-hybridized carbons (Fsp3) is 0.929. The molecule has 1 amide bonds. The average Bonchev–Trinajstić information content (AvgIpc) is 2.33. The molecule has 0 bridgehead atoms. The lowest BCUT2D eigenvalue weighted by Gasteiger charge is -2.35. The zero-order chi connectivity index (χ0) is 14.3. The number of amides is 1. The first-order valence-corrected chi connectivity index (χ1v) is 7.23. The third-order valence-corrected chi connectivity index (χ3v) is 3.16. The highest BCUT2D eigenvalue weighted by Gasteiger charge is 2.25. The number of nitrogens with zero attached hydrogens (tertiary/aromatic N) is 2. The van der Waals surface area contributed by atoms with Gasteiger partial charge in [-0.15, -0.1) is 0 Å². The summed E-state index contributed by atoms with van der Waals surface area (Å²) >= 11 is 0. The average molecular weight is 272 g/mol. The Balaban J connectivity index is 2.19. The number of hydrogen-bond donors (Lipinski definition) is 1. The molecule has 0 atom stereocenters. The van der Waals surface area contributed by atoms with Gasteiger partial charge in [-0.25, -0.2) is 4.79 Å². The number of unbranched alkanes of at least 4 members (excludes halogenated alkanes) is 2. The number of carbonyl (C=O) groups excluding carboxylic acids is 1. The zero-order valence-electron chi connectivity index (χ0n) is 12.5. The molecular formula is C14H28N2O3. The second-order valence-electron chi connectivity index (χ2n) is 6.09. The van der Waals surface area contributed by atoms with Crippen LogP contribution >= 0.6 is 0 Å². The van der Waals surface area contributed by atoms with Crippen LogP contribution in [0, 0.1) is 0 Å². The molecule has 5 nitrogen and oxygen atoms in total. The van der Waals surface area contributed by atoms with Crippen LogP contribution in [0.25, 0.3) is 0 Å². The smallest absolute Gasteiger partial charge is 0.410 e. The standard InChI is InChI=1S/C14H28N2O3/c1-14(2,3)19-13(18)16-10-8-15(9-11-16)7-5-4-6-12-17/h17H,4-12H2,1-3H3. The van der Waals surface area contributed by atoms with Crippen molar-refractivity contribution in [3.8, 4) is 0 Å². The van der Waals surface area contributed by atoms with E-state index in [1.165, 1.54) is 0 Å². The highest BCUT2D eigenvalue weighted by molar-refractivity contribution is 5.68. The van der Waals surface area contributed by atoms with Crippen LogP contribution in [0.4, 0.5) is 4.79 Å². The van der Waals surface area contributed by atoms with E-state index in [-0.39, 0.29) is 12.7 Å². The van der Waals surface area contributed by atoms with Crippen molar-refractivity contribution in [3.63, 3.8) is 0 Å². The first-order valence-electron chi connectivity index (χ1n) is 7.23. The Kier molecular flexibility index (Phi) is 6.58. The fourth-order valence-corrected chi connectivity index (χ4v) is 2.10. The highest BCUT2D eigenvalue weighted by Crippen LogP contribution is 2.12. The topological polar surface area (TPSA) is 53.0 Å². The Bertz CT molecular complexity index is 268. The number of piperazine rings is 1. The van der Waals surface area contributed by atoms with E-state index in [0.29, 0.717) is 0 Å². The minimum atomic E-state index is -0.418. The molecule has 1 aliphatic heterocycles. The molecule has 0 spiro atoms. The summed E-state index contributed by atoms with van der Waals surface area (Å²) in [4.78, 5) is 16.0. The lowest BCUT2D eigenvalue weighted by atomic mass is 10.2. The lowest BCUT2D eigenvalue weighted by molar-refractivity contribution is 0.0144. The third kappa shape index (κ3) is 6.78. The van der Waals surface area contributed by atoms with Crippen molar-refractivity contribution in [3.05, 3.63) is 0 Å². The van der Waals surface area contributed by atoms with Gasteiger partial charge in [0.25, 0.3) is 0 Å². The summed E-state index contributed by atoms with van der Waals surface area (Å²) in [6.45, 7) is 10.3. The summed E-state index contributed by atoms with van der Waals surface area (Å²) in [5.74, 6) is 0.